The van der Waals surface area contributed by atoms with E-state index < -0.39 is 0 Å². The zero-order valence-electron chi connectivity index (χ0n) is 15.7. The van der Waals surface area contributed by atoms with Gasteiger partial charge in [0, 0.05) is 11.3 Å². The molecule has 0 saturated carbocycles. The molecule has 1 aromatic carbocycles. The van der Waals surface area contributed by atoms with Gasteiger partial charge < -0.3 is 0 Å². The Labute approximate surface area is 142 Å². The summed E-state index contributed by atoms with van der Waals surface area (Å²) in [6.45, 7) is 16.2. The number of fused-ring (bicyclic) bond motifs is 3. The molecule has 122 valence electrons. The van der Waals surface area contributed by atoms with E-state index in [1.54, 1.807) is 11.1 Å². The molecule has 0 heteroatoms. The maximum atomic E-state index is 2.40. The number of hydrogen-bond donors (Lipinski definition) is 0. The van der Waals surface area contributed by atoms with Crippen molar-refractivity contribution in [2.45, 2.75) is 65.7 Å². The van der Waals surface area contributed by atoms with Gasteiger partial charge in [-0.15, -0.1) is 0 Å². The van der Waals surface area contributed by atoms with Gasteiger partial charge >= 0.3 is 0 Å². The molecule has 0 aromatic heterocycles. The summed E-state index contributed by atoms with van der Waals surface area (Å²) in [6, 6.07) is 4.77. The summed E-state index contributed by atoms with van der Waals surface area (Å²) >= 11 is 0. The van der Waals surface area contributed by atoms with Crippen molar-refractivity contribution < 1.29 is 0 Å². The molecule has 3 unspecified atom stereocenters. The smallest absolute Gasteiger partial charge is 0.0129 e. The largest absolute Gasteiger partial charge is 0.0911 e. The second-order valence-electron chi connectivity index (χ2n) is 7.98. The van der Waals surface area contributed by atoms with Gasteiger partial charge in [-0.2, -0.15) is 0 Å². The lowest BCUT2D eigenvalue weighted by Gasteiger charge is -2.31. The molecule has 0 spiro atoms. The Bertz CT molecular complexity index is 725. The standard InChI is InChI=1S/C23H30/c1-8-9-15(3)18-11-13-20-22(17(18)5)21-16(4)14(2)10-12-19(21)23(20,6)7/h8-13,15-16,21H,1-7H3/b9-8-. The molecule has 0 aliphatic heterocycles. The fourth-order valence-corrected chi connectivity index (χ4v) is 4.74. The molecule has 1 aromatic rings. The zero-order chi connectivity index (χ0) is 16.9. The Morgan fingerprint density at radius 2 is 1.83 bits per heavy atom. The Morgan fingerprint density at radius 3 is 2.48 bits per heavy atom. The van der Waals surface area contributed by atoms with Crippen LogP contribution < -0.4 is 0 Å². The Balaban J connectivity index is 2.23. The van der Waals surface area contributed by atoms with Crippen LogP contribution in [0, 0.1) is 12.8 Å². The highest BCUT2D eigenvalue weighted by Gasteiger charge is 2.45. The average Bonchev–Trinajstić information content (AvgIpc) is 2.73. The lowest BCUT2D eigenvalue weighted by Crippen LogP contribution is -2.21. The van der Waals surface area contributed by atoms with Crippen molar-refractivity contribution in [3.63, 3.8) is 0 Å². The van der Waals surface area contributed by atoms with Crippen molar-refractivity contribution in [3.8, 4) is 0 Å². The van der Waals surface area contributed by atoms with Crippen LogP contribution in [0.2, 0.25) is 0 Å². The van der Waals surface area contributed by atoms with Crippen LogP contribution in [0.4, 0.5) is 0 Å². The summed E-state index contributed by atoms with van der Waals surface area (Å²) in [6.07, 6.45) is 9.21. The first kappa shape index (κ1) is 16.3. The number of rotatable bonds is 2. The van der Waals surface area contributed by atoms with E-state index in [1.165, 1.54) is 22.3 Å². The van der Waals surface area contributed by atoms with Gasteiger partial charge in [-0.1, -0.05) is 75.3 Å². The van der Waals surface area contributed by atoms with Crippen molar-refractivity contribution >= 4 is 0 Å². The van der Waals surface area contributed by atoms with E-state index >= 15 is 0 Å². The van der Waals surface area contributed by atoms with E-state index in [9.17, 15) is 0 Å². The topological polar surface area (TPSA) is 0 Å². The molecule has 0 amide bonds. The molecule has 3 rings (SSSR count). The van der Waals surface area contributed by atoms with Gasteiger partial charge in [0.1, 0.15) is 0 Å². The second-order valence-corrected chi connectivity index (χ2v) is 7.98. The van der Waals surface area contributed by atoms with Crippen LogP contribution in [0.15, 0.2) is 47.6 Å². The summed E-state index contributed by atoms with van der Waals surface area (Å²) in [5, 5.41) is 0. The minimum Gasteiger partial charge on any atom is -0.0911 e. The minimum absolute atomic E-state index is 0.151. The lowest BCUT2D eigenvalue weighted by atomic mass is 9.73. The molecule has 0 nitrogen and oxygen atoms in total. The summed E-state index contributed by atoms with van der Waals surface area (Å²) < 4.78 is 0. The van der Waals surface area contributed by atoms with Crippen LogP contribution in [0.1, 0.15) is 75.6 Å². The molecule has 0 saturated heterocycles. The van der Waals surface area contributed by atoms with Crippen LogP contribution in [0.5, 0.6) is 0 Å². The molecule has 0 N–H and O–H groups in total. The predicted octanol–water partition coefficient (Wildman–Crippen LogP) is 6.57. The van der Waals surface area contributed by atoms with E-state index in [0.717, 1.165) is 0 Å². The highest BCUT2D eigenvalue weighted by atomic mass is 14.5. The zero-order valence-corrected chi connectivity index (χ0v) is 15.7. The fraction of sp³-hybridized carbons (Fsp3) is 0.478. The van der Waals surface area contributed by atoms with E-state index in [4.69, 9.17) is 0 Å². The lowest BCUT2D eigenvalue weighted by molar-refractivity contribution is 0.530. The van der Waals surface area contributed by atoms with Crippen molar-refractivity contribution in [2.75, 3.05) is 0 Å². The van der Waals surface area contributed by atoms with Crippen molar-refractivity contribution in [3.05, 3.63) is 69.8 Å². The predicted molar refractivity (Wildman–Crippen MR) is 101 cm³/mol. The van der Waals surface area contributed by atoms with Gasteiger partial charge in [0.2, 0.25) is 0 Å². The van der Waals surface area contributed by atoms with Crippen LogP contribution in [-0.4, -0.2) is 0 Å². The maximum Gasteiger partial charge on any atom is 0.0129 e. The molecule has 0 fully saturated rings. The third-order valence-corrected chi connectivity index (χ3v) is 6.31. The average molecular weight is 306 g/mol. The summed E-state index contributed by atoms with van der Waals surface area (Å²) in [7, 11) is 0. The van der Waals surface area contributed by atoms with Crippen LogP contribution >= 0.6 is 0 Å². The summed E-state index contributed by atoms with van der Waals surface area (Å²) in [5.41, 5.74) is 9.40. The SMILES string of the molecule is C/C=C\C(C)c1ccc2c(c1C)C1C(=CC=C(C)C1C)C2(C)C. The molecule has 0 heterocycles. The third-order valence-electron chi connectivity index (χ3n) is 6.31. The van der Waals surface area contributed by atoms with Crippen LogP contribution in [0.25, 0.3) is 0 Å². The Hall–Kier alpha value is -1.56. The number of allylic oxidation sites excluding steroid dienone is 6. The van der Waals surface area contributed by atoms with Gasteiger partial charge in [-0.25, -0.2) is 0 Å². The summed E-state index contributed by atoms with van der Waals surface area (Å²) in [5.74, 6) is 1.64. The van der Waals surface area contributed by atoms with E-state index in [2.05, 4.69) is 84.9 Å². The maximum absolute atomic E-state index is 2.40. The number of hydrogen-bond acceptors (Lipinski definition) is 0. The van der Waals surface area contributed by atoms with Gasteiger partial charge in [-0.05, 0) is 54.9 Å². The van der Waals surface area contributed by atoms with Gasteiger partial charge in [-0.3, -0.25) is 0 Å². The van der Waals surface area contributed by atoms with Crippen molar-refractivity contribution in [1.29, 1.82) is 0 Å². The first-order valence-corrected chi connectivity index (χ1v) is 8.96. The fourth-order valence-electron chi connectivity index (χ4n) is 4.74. The molecular weight excluding hydrogens is 276 g/mol. The van der Waals surface area contributed by atoms with Gasteiger partial charge in [0.25, 0.3) is 0 Å². The van der Waals surface area contributed by atoms with E-state index in [1.807, 2.05) is 0 Å². The molecule has 2 aliphatic rings. The second kappa shape index (κ2) is 5.51. The Kier molecular flexibility index (Phi) is 3.91. The molecule has 23 heavy (non-hydrogen) atoms. The van der Waals surface area contributed by atoms with E-state index in [-0.39, 0.29) is 5.41 Å². The van der Waals surface area contributed by atoms with Gasteiger partial charge in [0.05, 0.1) is 0 Å². The van der Waals surface area contributed by atoms with Crippen LogP contribution in [-0.2, 0) is 5.41 Å². The monoisotopic (exact) mass is 306 g/mol. The molecule has 2 aliphatic carbocycles. The first-order valence-electron chi connectivity index (χ1n) is 8.96. The molecule has 0 bridgehead atoms. The van der Waals surface area contributed by atoms with E-state index in [0.29, 0.717) is 17.8 Å². The van der Waals surface area contributed by atoms with Crippen LogP contribution in [0.3, 0.4) is 0 Å². The van der Waals surface area contributed by atoms with Crippen molar-refractivity contribution in [2.24, 2.45) is 5.92 Å². The first-order chi connectivity index (χ1) is 10.8. The highest BCUT2D eigenvalue weighted by Crippen LogP contribution is 2.57. The molecular formula is C23H30. The quantitative estimate of drug-likeness (QED) is 0.542. The van der Waals surface area contributed by atoms with Gasteiger partial charge in [0.15, 0.2) is 0 Å². The minimum atomic E-state index is 0.151. The Morgan fingerprint density at radius 1 is 1.13 bits per heavy atom. The molecule has 0 radical (unpaired) electrons. The normalized spacial score (nSPS) is 26.6. The highest BCUT2D eigenvalue weighted by molar-refractivity contribution is 5.62. The number of benzene rings is 1. The molecule has 3 atom stereocenters. The van der Waals surface area contributed by atoms with Crippen molar-refractivity contribution in [1.82, 2.24) is 0 Å². The summed E-state index contributed by atoms with van der Waals surface area (Å²) in [4.78, 5) is 0. The third kappa shape index (κ3) is 2.26.